The van der Waals surface area contributed by atoms with Gasteiger partial charge in [0.1, 0.15) is 27.6 Å². The third-order valence-electron chi connectivity index (χ3n) is 4.97. The molecule has 0 bridgehead atoms. The van der Waals surface area contributed by atoms with E-state index in [-0.39, 0.29) is 6.04 Å². The minimum absolute atomic E-state index is 0.195. The quantitative estimate of drug-likeness (QED) is 0.418. The van der Waals surface area contributed by atoms with Crippen molar-refractivity contribution in [2.45, 2.75) is 52.9 Å². The number of hydrogen-bond acceptors (Lipinski definition) is 8. The number of hydrogen-bond donors (Lipinski definition) is 0. The SMILES string of the molecule is COCc1cc(OC)c(-c2csc3c(N(C(=O)OC(C)(C)C)C(C)C)c(OC)nn23)c(OC)c1. The highest BCUT2D eigenvalue weighted by molar-refractivity contribution is 7.16. The molecule has 0 unspecified atom stereocenters. The summed E-state index contributed by atoms with van der Waals surface area (Å²) in [6, 6.07) is 3.63. The fraction of sp³-hybridized carbons (Fsp3) is 0.500. The van der Waals surface area contributed by atoms with Crippen LogP contribution in [0.25, 0.3) is 16.1 Å². The molecular formula is C24H33N3O6S. The molecule has 0 atom stereocenters. The van der Waals surface area contributed by atoms with E-state index in [0.29, 0.717) is 29.7 Å². The molecule has 3 rings (SSSR count). The monoisotopic (exact) mass is 491 g/mol. The van der Waals surface area contributed by atoms with Gasteiger partial charge in [-0.3, -0.25) is 4.90 Å². The van der Waals surface area contributed by atoms with Crippen LogP contribution in [0.4, 0.5) is 10.5 Å². The van der Waals surface area contributed by atoms with Gasteiger partial charge in [0.25, 0.3) is 5.88 Å². The predicted octanol–water partition coefficient (Wildman–Crippen LogP) is 5.38. The van der Waals surface area contributed by atoms with Gasteiger partial charge >= 0.3 is 6.09 Å². The molecule has 1 aromatic carbocycles. The van der Waals surface area contributed by atoms with Crippen molar-refractivity contribution in [1.29, 1.82) is 0 Å². The van der Waals surface area contributed by atoms with Crippen molar-refractivity contribution in [3.05, 3.63) is 23.1 Å². The average molecular weight is 492 g/mol. The van der Waals surface area contributed by atoms with E-state index in [1.807, 2.05) is 52.1 Å². The number of thiazole rings is 1. The Hall–Kier alpha value is -2.98. The topological polar surface area (TPSA) is 83.8 Å². The summed E-state index contributed by atoms with van der Waals surface area (Å²) in [6.45, 7) is 9.77. The number of carbonyl (C=O) groups is 1. The molecule has 9 nitrogen and oxygen atoms in total. The van der Waals surface area contributed by atoms with E-state index >= 15 is 0 Å². The molecule has 34 heavy (non-hydrogen) atoms. The average Bonchev–Trinajstić information content (AvgIpc) is 3.31. The van der Waals surface area contributed by atoms with E-state index in [9.17, 15) is 4.79 Å². The van der Waals surface area contributed by atoms with E-state index in [2.05, 4.69) is 5.10 Å². The van der Waals surface area contributed by atoms with Crippen LogP contribution in [-0.2, 0) is 16.1 Å². The fourth-order valence-electron chi connectivity index (χ4n) is 3.65. The Balaban J connectivity index is 2.23. The maximum atomic E-state index is 13.2. The third kappa shape index (κ3) is 4.92. The maximum Gasteiger partial charge on any atom is 0.415 e. The Labute approximate surface area is 204 Å². The molecule has 2 heterocycles. The van der Waals surface area contributed by atoms with Crippen molar-refractivity contribution < 1.29 is 28.5 Å². The molecule has 0 saturated heterocycles. The third-order valence-corrected chi connectivity index (χ3v) is 5.90. The smallest absolute Gasteiger partial charge is 0.415 e. The van der Waals surface area contributed by atoms with Crippen molar-refractivity contribution in [3.8, 4) is 28.6 Å². The number of aromatic nitrogens is 2. The molecule has 0 spiro atoms. The molecule has 186 valence electrons. The first-order valence-corrected chi connectivity index (χ1v) is 11.7. The van der Waals surface area contributed by atoms with E-state index in [1.54, 1.807) is 30.7 Å². The number of nitrogens with zero attached hydrogens (tertiary/aromatic N) is 3. The Morgan fingerprint density at radius 3 is 2.18 bits per heavy atom. The van der Waals surface area contributed by atoms with E-state index < -0.39 is 11.7 Å². The number of anilines is 1. The summed E-state index contributed by atoms with van der Waals surface area (Å²) in [5.41, 5.74) is 2.31. The normalized spacial score (nSPS) is 11.7. The van der Waals surface area contributed by atoms with Gasteiger partial charge in [0.15, 0.2) is 0 Å². The number of fused-ring (bicyclic) bond motifs is 1. The number of benzene rings is 1. The van der Waals surface area contributed by atoms with Gasteiger partial charge < -0.3 is 23.7 Å². The lowest BCUT2D eigenvalue weighted by atomic mass is 10.1. The van der Waals surface area contributed by atoms with Crippen molar-refractivity contribution in [2.75, 3.05) is 33.3 Å². The first-order chi connectivity index (χ1) is 16.1. The second-order valence-electron chi connectivity index (χ2n) is 8.95. The zero-order valence-electron chi connectivity index (χ0n) is 21.2. The van der Waals surface area contributed by atoms with Crippen LogP contribution < -0.4 is 19.1 Å². The molecular weight excluding hydrogens is 458 g/mol. The fourth-order valence-corrected chi connectivity index (χ4v) is 4.63. The van der Waals surface area contributed by atoms with Crippen LogP contribution in [0.15, 0.2) is 17.5 Å². The van der Waals surface area contributed by atoms with Gasteiger partial charge in [-0.05, 0) is 52.3 Å². The minimum atomic E-state index is -0.644. The lowest BCUT2D eigenvalue weighted by Crippen LogP contribution is -2.41. The van der Waals surface area contributed by atoms with E-state index in [1.165, 1.54) is 18.4 Å². The predicted molar refractivity (Wildman–Crippen MR) is 133 cm³/mol. The van der Waals surface area contributed by atoms with Crippen LogP contribution in [0.3, 0.4) is 0 Å². The summed E-state index contributed by atoms with van der Waals surface area (Å²) >= 11 is 1.44. The number of carbonyl (C=O) groups excluding carboxylic acids is 1. The molecule has 0 aliphatic carbocycles. The number of ether oxygens (including phenoxy) is 5. The Kier molecular flexibility index (Phi) is 7.62. The van der Waals surface area contributed by atoms with Gasteiger partial charge in [-0.25, -0.2) is 9.31 Å². The summed E-state index contributed by atoms with van der Waals surface area (Å²) in [4.78, 5) is 15.5. The van der Waals surface area contributed by atoms with Crippen molar-refractivity contribution in [3.63, 3.8) is 0 Å². The standard InChI is InChI=1S/C24H33N3O6S/c1-14(2)26(23(28)33-24(3,4)5)20-21(32-9)25-27-16(13-34-22(20)27)19-17(30-7)10-15(12-29-6)11-18(19)31-8/h10-11,13-14H,12H2,1-9H3. The Morgan fingerprint density at radius 2 is 1.71 bits per heavy atom. The van der Waals surface area contributed by atoms with Gasteiger partial charge in [-0.2, -0.15) is 0 Å². The molecule has 0 saturated carbocycles. The van der Waals surface area contributed by atoms with Crippen LogP contribution in [0.5, 0.6) is 17.4 Å². The molecule has 2 aromatic heterocycles. The molecule has 0 radical (unpaired) electrons. The second-order valence-corrected chi connectivity index (χ2v) is 9.81. The maximum absolute atomic E-state index is 13.2. The molecule has 0 aliphatic heterocycles. The summed E-state index contributed by atoms with van der Waals surface area (Å²) in [7, 11) is 6.38. The molecule has 0 fully saturated rings. The molecule has 0 N–H and O–H groups in total. The van der Waals surface area contributed by atoms with E-state index in [0.717, 1.165) is 21.7 Å². The highest BCUT2D eigenvalue weighted by Crippen LogP contribution is 2.45. The van der Waals surface area contributed by atoms with Crippen LogP contribution in [0.2, 0.25) is 0 Å². The molecule has 0 aliphatic rings. The van der Waals surface area contributed by atoms with Gasteiger partial charge in [0.2, 0.25) is 0 Å². The molecule has 10 heteroatoms. The first-order valence-electron chi connectivity index (χ1n) is 10.9. The lowest BCUT2D eigenvalue weighted by molar-refractivity contribution is 0.0570. The highest BCUT2D eigenvalue weighted by Gasteiger charge is 2.33. The van der Waals surface area contributed by atoms with Gasteiger partial charge in [-0.1, -0.05) is 0 Å². The van der Waals surface area contributed by atoms with Crippen LogP contribution in [0, 0.1) is 0 Å². The summed E-state index contributed by atoms with van der Waals surface area (Å²) in [5, 5.41) is 6.63. The number of amides is 1. The van der Waals surface area contributed by atoms with Crippen molar-refractivity contribution >= 4 is 27.9 Å². The van der Waals surface area contributed by atoms with Crippen LogP contribution in [-0.4, -0.2) is 55.8 Å². The van der Waals surface area contributed by atoms with Gasteiger partial charge in [0.05, 0.1) is 39.2 Å². The van der Waals surface area contributed by atoms with E-state index in [4.69, 9.17) is 23.7 Å². The highest BCUT2D eigenvalue weighted by atomic mass is 32.1. The van der Waals surface area contributed by atoms with Gasteiger partial charge in [0, 0.05) is 18.5 Å². The summed E-state index contributed by atoms with van der Waals surface area (Å²) in [6.07, 6.45) is -0.468. The van der Waals surface area contributed by atoms with Crippen LogP contribution >= 0.6 is 11.3 Å². The zero-order valence-corrected chi connectivity index (χ0v) is 22.0. The summed E-state index contributed by atoms with van der Waals surface area (Å²) in [5.74, 6) is 1.56. The molecule has 1 amide bonds. The zero-order chi connectivity index (χ0) is 25.2. The minimum Gasteiger partial charge on any atom is -0.496 e. The number of rotatable bonds is 8. The Morgan fingerprint density at radius 1 is 1.09 bits per heavy atom. The molecule has 3 aromatic rings. The van der Waals surface area contributed by atoms with Crippen LogP contribution in [0.1, 0.15) is 40.2 Å². The summed E-state index contributed by atoms with van der Waals surface area (Å²) < 4.78 is 29.7. The van der Waals surface area contributed by atoms with Crippen molar-refractivity contribution in [1.82, 2.24) is 9.61 Å². The first kappa shape index (κ1) is 25.6. The largest absolute Gasteiger partial charge is 0.496 e. The number of methoxy groups -OCH3 is 4. The second kappa shape index (κ2) is 10.1. The lowest BCUT2D eigenvalue weighted by Gasteiger charge is -2.29. The van der Waals surface area contributed by atoms with Crippen molar-refractivity contribution in [2.24, 2.45) is 0 Å². The Bertz CT molecular complexity index is 1140. The van der Waals surface area contributed by atoms with Gasteiger partial charge in [-0.15, -0.1) is 16.4 Å².